The third-order valence-electron chi connectivity index (χ3n) is 4.06. The van der Waals surface area contributed by atoms with Gasteiger partial charge in [0, 0.05) is 24.2 Å². The van der Waals surface area contributed by atoms with Gasteiger partial charge in [0.05, 0.1) is 13.2 Å². The molecule has 0 aromatic heterocycles. The van der Waals surface area contributed by atoms with E-state index in [4.69, 9.17) is 10.5 Å². The molecule has 0 saturated carbocycles. The Morgan fingerprint density at radius 1 is 1.35 bits per heavy atom. The summed E-state index contributed by atoms with van der Waals surface area (Å²) in [7, 11) is 0. The lowest BCUT2D eigenvalue weighted by Crippen LogP contribution is -2.64. The SMILES string of the molecule is CCCCCC(C)(CN)N1CCOCC1(C)C. The first-order valence-electron chi connectivity index (χ1n) is 7.02. The predicted octanol–water partition coefficient (Wildman–Crippen LogP) is 2.39. The molecule has 1 heterocycles. The van der Waals surface area contributed by atoms with E-state index in [9.17, 15) is 0 Å². The van der Waals surface area contributed by atoms with Gasteiger partial charge in [0.1, 0.15) is 0 Å². The minimum Gasteiger partial charge on any atom is -0.378 e. The zero-order chi connectivity index (χ0) is 12.9. The Morgan fingerprint density at radius 2 is 2.06 bits per heavy atom. The van der Waals surface area contributed by atoms with Crippen LogP contribution in [-0.2, 0) is 4.74 Å². The number of morpholine rings is 1. The lowest BCUT2D eigenvalue weighted by Gasteiger charge is -2.52. The van der Waals surface area contributed by atoms with Crippen molar-refractivity contribution in [3.63, 3.8) is 0 Å². The molecule has 3 nitrogen and oxygen atoms in total. The van der Waals surface area contributed by atoms with Crippen molar-refractivity contribution in [1.29, 1.82) is 0 Å². The van der Waals surface area contributed by atoms with Crippen molar-refractivity contribution in [3.8, 4) is 0 Å². The summed E-state index contributed by atoms with van der Waals surface area (Å²) in [5.74, 6) is 0. The van der Waals surface area contributed by atoms with Gasteiger partial charge in [0.15, 0.2) is 0 Å². The topological polar surface area (TPSA) is 38.5 Å². The molecule has 0 spiro atoms. The van der Waals surface area contributed by atoms with E-state index in [1.54, 1.807) is 0 Å². The van der Waals surface area contributed by atoms with E-state index in [1.165, 1.54) is 25.7 Å². The molecule has 1 fully saturated rings. The summed E-state index contributed by atoms with van der Waals surface area (Å²) >= 11 is 0. The maximum Gasteiger partial charge on any atom is 0.0645 e. The van der Waals surface area contributed by atoms with E-state index in [1.807, 2.05) is 0 Å². The molecule has 102 valence electrons. The first kappa shape index (κ1) is 14.9. The van der Waals surface area contributed by atoms with Crippen molar-refractivity contribution in [1.82, 2.24) is 4.90 Å². The molecular formula is C14H30N2O. The fourth-order valence-electron chi connectivity index (χ4n) is 2.96. The molecule has 1 unspecified atom stereocenters. The third-order valence-corrected chi connectivity index (χ3v) is 4.06. The summed E-state index contributed by atoms with van der Waals surface area (Å²) in [5.41, 5.74) is 6.30. The molecular weight excluding hydrogens is 212 g/mol. The van der Waals surface area contributed by atoms with Crippen LogP contribution in [0.3, 0.4) is 0 Å². The lowest BCUT2D eigenvalue weighted by atomic mass is 9.86. The Kier molecular flexibility index (Phi) is 5.42. The number of rotatable bonds is 6. The summed E-state index contributed by atoms with van der Waals surface area (Å²) < 4.78 is 5.60. The van der Waals surface area contributed by atoms with Crippen molar-refractivity contribution in [2.45, 2.75) is 64.5 Å². The molecule has 1 aliphatic heterocycles. The van der Waals surface area contributed by atoms with Crippen molar-refractivity contribution < 1.29 is 4.74 Å². The number of ether oxygens (including phenoxy) is 1. The fourth-order valence-corrected chi connectivity index (χ4v) is 2.96. The summed E-state index contributed by atoms with van der Waals surface area (Å²) in [6.07, 6.45) is 5.05. The van der Waals surface area contributed by atoms with E-state index in [2.05, 4.69) is 32.6 Å². The molecule has 0 radical (unpaired) electrons. The van der Waals surface area contributed by atoms with Crippen LogP contribution in [0.5, 0.6) is 0 Å². The molecule has 0 aromatic rings. The van der Waals surface area contributed by atoms with Crippen LogP contribution >= 0.6 is 0 Å². The van der Waals surface area contributed by atoms with Gasteiger partial charge in [-0.15, -0.1) is 0 Å². The number of hydrogen-bond acceptors (Lipinski definition) is 3. The van der Waals surface area contributed by atoms with Gasteiger partial charge < -0.3 is 10.5 Å². The largest absolute Gasteiger partial charge is 0.378 e. The van der Waals surface area contributed by atoms with E-state index in [0.717, 1.165) is 26.3 Å². The maximum absolute atomic E-state index is 6.06. The summed E-state index contributed by atoms with van der Waals surface area (Å²) in [4.78, 5) is 2.57. The molecule has 1 aliphatic rings. The number of nitrogens with zero attached hydrogens (tertiary/aromatic N) is 1. The highest BCUT2D eigenvalue weighted by Gasteiger charge is 2.41. The predicted molar refractivity (Wildman–Crippen MR) is 73.2 cm³/mol. The Bertz CT molecular complexity index is 230. The fraction of sp³-hybridized carbons (Fsp3) is 1.00. The van der Waals surface area contributed by atoms with Gasteiger partial charge in [0.2, 0.25) is 0 Å². The molecule has 0 amide bonds. The second-order valence-electron chi connectivity index (χ2n) is 6.17. The van der Waals surface area contributed by atoms with Gasteiger partial charge in [-0.3, -0.25) is 4.90 Å². The van der Waals surface area contributed by atoms with E-state index in [-0.39, 0.29) is 11.1 Å². The van der Waals surface area contributed by atoms with Gasteiger partial charge in [0.25, 0.3) is 0 Å². The molecule has 0 aromatic carbocycles. The highest BCUT2D eigenvalue weighted by Crippen LogP contribution is 2.31. The van der Waals surface area contributed by atoms with Gasteiger partial charge in [-0.05, 0) is 27.2 Å². The average molecular weight is 242 g/mol. The molecule has 1 saturated heterocycles. The van der Waals surface area contributed by atoms with Crippen LogP contribution in [0.4, 0.5) is 0 Å². The van der Waals surface area contributed by atoms with Crippen LogP contribution in [0.1, 0.15) is 53.4 Å². The first-order chi connectivity index (χ1) is 7.96. The zero-order valence-corrected chi connectivity index (χ0v) is 12.1. The van der Waals surface area contributed by atoms with Gasteiger partial charge in [-0.2, -0.15) is 0 Å². The molecule has 3 heteroatoms. The number of nitrogens with two attached hydrogens (primary N) is 1. The van der Waals surface area contributed by atoms with Crippen LogP contribution in [0.15, 0.2) is 0 Å². The number of unbranched alkanes of at least 4 members (excludes halogenated alkanes) is 2. The quantitative estimate of drug-likeness (QED) is 0.727. The zero-order valence-electron chi connectivity index (χ0n) is 12.1. The van der Waals surface area contributed by atoms with Crippen molar-refractivity contribution >= 4 is 0 Å². The summed E-state index contributed by atoms with van der Waals surface area (Å²) in [6.45, 7) is 12.5. The molecule has 0 aliphatic carbocycles. The van der Waals surface area contributed by atoms with E-state index in [0.29, 0.717) is 0 Å². The van der Waals surface area contributed by atoms with Gasteiger partial charge >= 0.3 is 0 Å². The van der Waals surface area contributed by atoms with Crippen LogP contribution < -0.4 is 5.73 Å². The molecule has 17 heavy (non-hydrogen) atoms. The van der Waals surface area contributed by atoms with Crippen molar-refractivity contribution in [2.24, 2.45) is 5.73 Å². The molecule has 2 N–H and O–H groups in total. The van der Waals surface area contributed by atoms with E-state index < -0.39 is 0 Å². The molecule has 1 rings (SSSR count). The minimum atomic E-state index is 0.110. The van der Waals surface area contributed by atoms with Crippen molar-refractivity contribution in [3.05, 3.63) is 0 Å². The molecule has 0 bridgehead atoms. The monoisotopic (exact) mass is 242 g/mol. The minimum absolute atomic E-state index is 0.110. The Morgan fingerprint density at radius 3 is 2.59 bits per heavy atom. The van der Waals surface area contributed by atoms with Gasteiger partial charge in [-0.25, -0.2) is 0 Å². The van der Waals surface area contributed by atoms with Crippen LogP contribution in [-0.4, -0.2) is 42.3 Å². The highest BCUT2D eigenvalue weighted by atomic mass is 16.5. The average Bonchev–Trinajstić information content (AvgIpc) is 2.28. The maximum atomic E-state index is 6.06. The summed E-state index contributed by atoms with van der Waals surface area (Å²) in [6, 6.07) is 0. The number of hydrogen-bond donors (Lipinski definition) is 1. The third kappa shape index (κ3) is 3.67. The van der Waals surface area contributed by atoms with Crippen LogP contribution in [0.2, 0.25) is 0 Å². The van der Waals surface area contributed by atoms with Crippen molar-refractivity contribution in [2.75, 3.05) is 26.3 Å². The lowest BCUT2D eigenvalue weighted by molar-refractivity contribution is -0.101. The smallest absolute Gasteiger partial charge is 0.0645 e. The second-order valence-corrected chi connectivity index (χ2v) is 6.17. The Hall–Kier alpha value is -0.120. The Labute approximate surface area is 107 Å². The second kappa shape index (κ2) is 6.17. The molecule has 1 atom stereocenters. The normalized spacial score (nSPS) is 24.5. The Balaban J connectivity index is 2.68. The van der Waals surface area contributed by atoms with E-state index >= 15 is 0 Å². The van der Waals surface area contributed by atoms with Gasteiger partial charge in [-0.1, -0.05) is 26.2 Å². The van der Waals surface area contributed by atoms with Crippen LogP contribution in [0, 0.1) is 0 Å². The first-order valence-corrected chi connectivity index (χ1v) is 7.02. The standard InChI is InChI=1S/C14H30N2O/c1-5-6-7-8-14(4,11-15)16-9-10-17-12-13(16,2)3/h5-12,15H2,1-4H3. The van der Waals surface area contributed by atoms with Crippen LogP contribution in [0.25, 0.3) is 0 Å². The highest BCUT2D eigenvalue weighted by molar-refractivity contribution is 4.97. The summed E-state index contributed by atoms with van der Waals surface area (Å²) in [5, 5.41) is 0.